The first kappa shape index (κ1) is 10.4. The maximum atomic E-state index is 11.0. The van der Waals surface area contributed by atoms with Crippen LogP contribution in [0.5, 0.6) is 0 Å². The maximum absolute atomic E-state index is 11.0. The molecule has 0 aromatic carbocycles. The van der Waals surface area contributed by atoms with Crippen LogP contribution in [0.25, 0.3) is 0 Å². The molecule has 3 nitrogen and oxygen atoms in total. The summed E-state index contributed by atoms with van der Waals surface area (Å²) in [5.41, 5.74) is 0. The zero-order valence-electron chi connectivity index (χ0n) is 6.87. The van der Waals surface area contributed by atoms with Gasteiger partial charge in [0.25, 0.3) is 0 Å². The van der Waals surface area contributed by atoms with Gasteiger partial charge in [-0.2, -0.15) is 0 Å². The molecule has 0 fully saturated rings. The van der Waals surface area contributed by atoms with E-state index in [0.717, 1.165) is 0 Å². The van der Waals surface area contributed by atoms with Crippen molar-refractivity contribution in [2.24, 2.45) is 0 Å². The third kappa shape index (κ3) is 4.72. The third-order valence-electron chi connectivity index (χ3n) is 1.00. The summed E-state index contributed by atoms with van der Waals surface area (Å²) in [5, 5.41) is 1.38. The van der Waals surface area contributed by atoms with E-state index in [0.29, 0.717) is 0 Å². The number of rotatable bonds is 3. The van der Waals surface area contributed by atoms with Gasteiger partial charge in [0.2, 0.25) is 0 Å². The Morgan fingerprint density at radius 1 is 1.55 bits per heavy atom. The summed E-state index contributed by atoms with van der Waals surface area (Å²) < 4.78 is 15.3. The number of carbonyl (C=O) groups excluding carboxylic acids is 1. The van der Waals surface area contributed by atoms with Crippen molar-refractivity contribution in [3.8, 4) is 0 Å². The molecule has 0 saturated heterocycles. The molecule has 1 atom stereocenters. The van der Waals surface area contributed by atoms with Gasteiger partial charge in [-0.05, 0) is 0 Å². The van der Waals surface area contributed by atoms with Crippen LogP contribution in [0.3, 0.4) is 0 Å². The minimum Gasteiger partial charge on any atom is -0.466 e. The van der Waals surface area contributed by atoms with Crippen LogP contribution in [0.1, 0.15) is 13.8 Å². The maximum Gasteiger partial charge on any atom is 0.331 e. The zero-order valence-corrected chi connectivity index (χ0v) is 7.68. The third-order valence-corrected chi connectivity index (χ3v) is 2.34. The lowest BCUT2D eigenvalue weighted by Gasteiger charge is -1.96. The number of methoxy groups -OCH3 is 1. The summed E-state index contributed by atoms with van der Waals surface area (Å²) in [6, 6.07) is 0. The molecule has 0 heterocycles. The Morgan fingerprint density at radius 3 is 2.45 bits per heavy atom. The van der Waals surface area contributed by atoms with Crippen LogP contribution < -0.4 is 0 Å². The quantitative estimate of drug-likeness (QED) is 0.472. The van der Waals surface area contributed by atoms with Crippen LogP contribution in [-0.4, -0.2) is 22.5 Å². The van der Waals surface area contributed by atoms with Crippen molar-refractivity contribution in [1.29, 1.82) is 0 Å². The van der Waals surface area contributed by atoms with Gasteiger partial charge >= 0.3 is 5.97 Å². The van der Waals surface area contributed by atoms with Crippen LogP contribution in [-0.2, 0) is 20.3 Å². The summed E-state index contributed by atoms with van der Waals surface area (Å²) in [6.45, 7) is 3.63. The van der Waals surface area contributed by atoms with E-state index in [2.05, 4.69) is 4.74 Å². The topological polar surface area (TPSA) is 43.4 Å². The Hall–Kier alpha value is -0.640. The van der Waals surface area contributed by atoms with E-state index in [1.165, 1.54) is 18.6 Å². The molecule has 0 bridgehead atoms. The van der Waals surface area contributed by atoms with Crippen molar-refractivity contribution < 1.29 is 13.7 Å². The molecule has 0 spiro atoms. The zero-order chi connectivity index (χ0) is 8.85. The molecule has 0 rings (SSSR count). The summed E-state index contributed by atoms with van der Waals surface area (Å²) in [6.07, 6.45) is 1.18. The molecule has 1 unspecified atom stereocenters. The van der Waals surface area contributed by atoms with Gasteiger partial charge in [-0.25, -0.2) is 4.79 Å². The van der Waals surface area contributed by atoms with Gasteiger partial charge in [0.1, 0.15) is 0 Å². The summed E-state index contributed by atoms with van der Waals surface area (Å²) in [5.74, 6) is -0.473. The normalized spacial score (nSPS) is 13.8. The lowest BCUT2D eigenvalue weighted by Crippen LogP contribution is -2.03. The molecule has 0 aromatic rings. The first-order chi connectivity index (χ1) is 5.07. The first-order valence-electron chi connectivity index (χ1n) is 3.23. The highest BCUT2D eigenvalue weighted by Gasteiger charge is 2.00. The molecule has 11 heavy (non-hydrogen) atoms. The molecule has 0 aliphatic carbocycles. The van der Waals surface area contributed by atoms with Gasteiger partial charge in [0.05, 0.1) is 7.11 Å². The molecule has 64 valence electrons. The van der Waals surface area contributed by atoms with Gasteiger partial charge in [-0.3, -0.25) is 4.21 Å². The second-order valence-electron chi connectivity index (χ2n) is 2.20. The Balaban J connectivity index is 3.93. The number of hydrogen-bond acceptors (Lipinski definition) is 3. The van der Waals surface area contributed by atoms with Crippen LogP contribution >= 0.6 is 0 Å². The second-order valence-corrected chi connectivity index (χ2v) is 4.08. The van der Waals surface area contributed by atoms with Crippen molar-refractivity contribution in [2.75, 3.05) is 7.11 Å². The van der Waals surface area contributed by atoms with E-state index < -0.39 is 16.8 Å². The highest BCUT2D eigenvalue weighted by atomic mass is 32.2. The Morgan fingerprint density at radius 2 is 2.09 bits per heavy atom. The highest BCUT2D eigenvalue weighted by Crippen LogP contribution is 1.95. The van der Waals surface area contributed by atoms with Crippen LogP contribution in [0.4, 0.5) is 0 Å². The van der Waals surface area contributed by atoms with Crippen molar-refractivity contribution >= 4 is 16.8 Å². The largest absolute Gasteiger partial charge is 0.466 e. The van der Waals surface area contributed by atoms with Crippen LogP contribution in [0.2, 0.25) is 0 Å². The molecule has 0 aliphatic rings. The van der Waals surface area contributed by atoms with Crippen molar-refractivity contribution in [3.05, 3.63) is 11.5 Å². The van der Waals surface area contributed by atoms with Crippen LogP contribution in [0.15, 0.2) is 11.5 Å². The van der Waals surface area contributed by atoms with Gasteiger partial charge in [0, 0.05) is 27.5 Å². The fourth-order valence-electron chi connectivity index (χ4n) is 0.348. The number of ether oxygens (including phenoxy) is 1. The molecule has 0 N–H and O–H groups in total. The van der Waals surface area contributed by atoms with Crippen molar-refractivity contribution in [1.82, 2.24) is 0 Å². The standard InChI is InChI=1S/C7H12O3S/c1-6(2)11(9)5-4-7(8)10-3/h4-6H,1-3H3/b5-4+. The predicted molar refractivity (Wildman–Crippen MR) is 44.4 cm³/mol. The van der Waals surface area contributed by atoms with Crippen LogP contribution in [0, 0.1) is 0 Å². The van der Waals surface area contributed by atoms with Crippen molar-refractivity contribution in [2.45, 2.75) is 19.1 Å². The summed E-state index contributed by atoms with van der Waals surface area (Å²) >= 11 is 0. The molecule has 0 amide bonds. The molecule has 4 heteroatoms. The highest BCUT2D eigenvalue weighted by molar-refractivity contribution is 7.88. The van der Waals surface area contributed by atoms with Gasteiger partial charge in [-0.1, -0.05) is 13.8 Å². The van der Waals surface area contributed by atoms with E-state index in [1.807, 2.05) is 13.8 Å². The number of carbonyl (C=O) groups is 1. The monoisotopic (exact) mass is 176 g/mol. The SMILES string of the molecule is COC(=O)/C=C/S(=O)C(C)C. The molecule has 0 aliphatic heterocycles. The van der Waals surface area contributed by atoms with E-state index >= 15 is 0 Å². The van der Waals surface area contributed by atoms with Gasteiger partial charge in [0.15, 0.2) is 0 Å². The summed E-state index contributed by atoms with van der Waals surface area (Å²) in [7, 11) is 0.207. The van der Waals surface area contributed by atoms with E-state index in [1.54, 1.807) is 0 Å². The fraction of sp³-hybridized carbons (Fsp3) is 0.571. The molecule has 0 radical (unpaired) electrons. The average molecular weight is 176 g/mol. The minimum absolute atomic E-state index is 0.0379. The summed E-state index contributed by atoms with van der Waals surface area (Å²) in [4.78, 5) is 10.5. The Kier molecular flexibility index (Phi) is 4.77. The lowest BCUT2D eigenvalue weighted by molar-refractivity contribution is -0.134. The van der Waals surface area contributed by atoms with Gasteiger partial charge in [-0.15, -0.1) is 0 Å². The lowest BCUT2D eigenvalue weighted by atomic mass is 10.6. The molecule has 0 aromatic heterocycles. The van der Waals surface area contributed by atoms with Gasteiger partial charge < -0.3 is 4.74 Å². The molecular weight excluding hydrogens is 164 g/mol. The fourth-order valence-corrected chi connectivity index (χ4v) is 0.907. The number of hydrogen-bond donors (Lipinski definition) is 0. The average Bonchev–Trinajstić information content (AvgIpc) is 1.99. The van der Waals surface area contributed by atoms with E-state index in [-0.39, 0.29) is 5.25 Å². The predicted octanol–water partition coefficient (Wildman–Crippen LogP) is 0.830. The molecular formula is C7H12O3S. The molecule has 0 saturated carbocycles. The van der Waals surface area contributed by atoms with E-state index in [9.17, 15) is 9.00 Å². The van der Waals surface area contributed by atoms with E-state index in [4.69, 9.17) is 0 Å². The first-order valence-corrected chi connectivity index (χ1v) is 4.51. The number of esters is 1. The Bertz CT molecular complexity index is 184. The smallest absolute Gasteiger partial charge is 0.331 e. The minimum atomic E-state index is -1.08. The van der Waals surface area contributed by atoms with Crippen molar-refractivity contribution in [3.63, 3.8) is 0 Å². The second kappa shape index (κ2) is 5.07. The Labute approximate surface area is 68.9 Å².